The standard InChI is InChI=1S/C19H23Br/c1-5-14-8-6-7-9-17(14)18(20)15-10-12-16(13-11-15)19(2,3)4/h6-13,18H,5H2,1-4H3. The molecule has 2 aromatic rings. The summed E-state index contributed by atoms with van der Waals surface area (Å²) >= 11 is 3.86. The Morgan fingerprint density at radius 3 is 2.10 bits per heavy atom. The van der Waals surface area contributed by atoms with Gasteiger partial charge in [0.15, 0.2) is 0 Å². The maximum Gasteiger partial charge on any atom is 0.0647 e. The molecule has 0 nitrogen and oxygen atoms in total. The van der Waals surface area contributed by atoms with Gasteiger partial charge in [-0.1, -0.05) is 92.2 Å². The third-order valence-corrected chi connectivity index (χ3v) is 4.80. The van der Waals surface area contributed by atoms with Gasteiger partial charge >= 0.3 is 0 Å². The van der Waals surface area contributed by atoms with Crippen molar-refractivity contribution in [2.24, 2.45) is 0 Å². The zero-order valence-corrected chi connectivity index (χ0v) is 14.4. The molecule has 2 rings (SSSR count). The maximum absolute atomic E-state index is 3.86. The number of aryl methyl sites for hydroxylation is 1. The molecule has 0 saturated heterocycles. The van der Waals surface area contributed by atoms with Crippen LogP contribution >= 0.6 is 15.9 Å². The molecule has 0 aliphatic carbocycles. The van der Waals surface area contributed by atoms with E-state index in [9.17, 15) is 0 Å². The van der Waals surface area contributed by atoms with Crippen molar-refractivity contribution in [1.82, 2.24) is 0 Å². The number of hydrogen-bond acceptors (Lipinski definition) is 0. The Labute approximate surface area is 131 Å². The molecule has 0 bridgehead atoms. The summed E-state index contributed by atoms with van der Waals surface area (Å²) in [7, 11) is 0. The highest BCUT2D eigenvalue weighted by atomic mass is 79.9. The Kier molecular flexibility index (Phi) is 4.70. The molecule has 0 aliphatic heterocycles. The van der Waals surface area contributed by atoms with Gasteiger partial charge in [0.1, 0.15) is 0 Å². The van der Waals surface area contributed by atoms with E-state index < -0.39 is 0 Å². The molecule has 1 atom stereocenters. The summed E-state index contributed by atoms with van der Waals surface area (Å²) in [6, 6.07) is 17.6. The quantitative estimate of drug-likeness (QED) is 0.602. The predicted molar refractivity (Wildman–Crippen MR) is 91.7 cm³/mol. The number of halogens is 1. The lowest BCUT2D eigenvalue weighted by Gasteiger charge is -2.20. The Hall–Kier alpha value is -1.08. The zero-order valence-electron chi connectivity index (χ0n) is 12.8. The van der Waals surface area contributed by atoms with Gasteiger partial charge in [0, 0.05) is 0 Å². The van der Waals surface area contributed by atoms with Gasteiger partial charge in [-0.3, -0.25) is 0 Å². The van der Waals surface area contributed by atoms with E-state index in [0.29, 0.717) is 0 Å². The van der Waals surface area contributed by atoms with E-state index in [1.807, 2.05) is 0 Å². The van der Waals surface area contributed by atoms with Crippen LogP contribution in [0.1, 0.15) is 54.8 Å². The Morgan fingerprint density at radius 1 is 0.950 bits per heavy atom. The zero-order chi connectivity index (χ0) is 14.8. The molecular formula is C19H23Br. The fraction of sp³-hybridized carbons (Fsp3) is 0.368. The van der Waals surface area contributed by atoms with Crippen molar-refractivity contribution in [3.05, 3.63) is 70.8 Å². The van der Waals surface area contributed by atoms with Crippen molar-refractivity contribution in [1.29, 1.82) is 0 Å². The summed E-state index contributed by atoms with van der Waals surface area (Å²) in [5.74, 6) is 0. The van der Waals surface area contributed by atoms with Crippen LogP contribution in [0.3, 0.4) is 0 Å². The lowest BCUT2D eigenvalue weighted by atomic mass is 9.86. The van der Waals surface area contributed by atoms with Crippen LogP contribution < -0.4 is 0 Å². The van der Waals surface area contributed by atoms with Gasteiger partial charge in [0.25, 0.3) is 0 Å². The summed E-state index contributed by atoms with van der Waals surface area (Å²) in [5, 5.41) is 0. The molecule has 106 valence electrons. The van der Waals surface area contributed by atoms with Gasteiger partial charge < -0.3 is 0 Å². The third-order valence-electron chi connectivity index (χ3n) is 3.78. The van der Waals surface area contributed by atoms with E-state index in [4.69, 9.17) is 0 Å². The normalized spacial score (nSPS) is 13.2. The number of rotatable bonds is 3. The van der Waals surface area contributed by atoms with Crippen LogP contribution in [-0.4, -0.2) is 0 Å². The van der Waals surface area contributed by atoms with Gasteiger partial charge in [-0.05, 0) is 34.1 Å². The fourth-order valence-corrected chi connectivity index (χ4v) is 3.19. The van der Waals surface area contributed by atoms with E-state index in [1.165, 1.54) is 22.3 Å². The van der Waals surface area contributed by atoms with Gasteiger partial charge in [-0.25, -0.2) is 0 Å². The minimum absolute atomic E-state index is 0.210. The van der Waals surface area contributed by atoms with E-state index in [0.717, 1.165) is 6.42 Å². The molecule has 0 saturated carbocycles. The maximum atomic E-state index is 3.86. The first-order chi connectivity index (χ1) is 9.43. The van der Waals surface area contributed by atoms with E-state index in [1.54, 1.807) is 0 Å². The minimum atomic E-state index is 0.210. The minimum Gasteiger partial charge on any atom is -0.0786 e. The summed E-state index contributed by atoms with van der Waals surface area (Å²) < 4.78 is 0. The second kappa shape index (κ2) is 6.13. The predicted octanol–water partition coefficient (Wildman–Crippen LogP) is 6.03. The van der Waals surface area contributed by atoms with Crippen molar-refractivity contribution in [2.45, 2.75) is 44.4 Å². The molecule has 1 heteroatoms. The topological polar surface area (TPSA) is 0 Å². The first kappa shape index (κ1) is 15.3. The average molecular weight is 331 g/mol. The largest absolute Gasteiger partial charge is 0.0786 e. The molecule has 0 amide bonds. The van der Waals surface area contributed by atoms with Gasteiger partial charge in [-0.15, -0.1) is 0 Å². The van der Waals surface area contributed by atoms with Crippen LogP contribution in [0.5, 0.6) is 0 Å². The highest BCUT2D eigenvalue weighted by molar-refractivity contribution is 9.09. The third kappa shape index (κ3) is 3.32. The number of hydrogen-bond donors (Lipinski definition) is 0. The second-order valence-corrected chi connectivity index (χ2v) is 7.20. The molecule has 0 fully saturated rings. The molecule has 0 aliphatic rings. The Bertz CT molecular complexity index is 561. The van der Waals surface area contributed by atoms with Crippen molar-refractivity contribution in [3.63, 3.8) is 0 Å². The summed E-state index contributed by atoms with van der Waals surface area (Å²) in [4.78, 5) is 0.271. The molecule has 0 radical (unpaired) electrons. The first-order valence-electron chi connectivity index (χ1n) is 7.25. The Morgan fingerprint density at radius 2 is 1.55 bits per heavy atom. The average Bonchev–Trinajstić information content (AvgIpc) is 2.45. The Balaban J connectivity index is 2.32. The summed E-state index contributed by atoms with van der Waals surface area (Å²) in [5.41, 5.74) is 5.69. The lowest BCUT2D eigenvalue weighted by Crippen LogP contribution is -2.10. The molecule has 0 N–H and O–H groups in total. The van der Waals surface area contributed by atoms with Gasteiger partial charge in [-0.2, -0.15) is 0 Å². The van der Waals surface area contributed by atoms with Crippen LogP contribution in [0.4, 0.5) is 0 Å². The van der Waals surface area contributed by atoms with Crippen molar-refractivity contribution in [3.8, 4) is 0 Å². The van der Waals surface area contributed by atoms with Crippen LogP contribution in [0.15, 0.2) is 48.5 Å². The second-order valence-electron chi connectivity index (χ2n) is 6.29. The van der Waals surface area contributed by atoms with E-state index >= 15 is 0 Å². The van der Waals surface area contributed by atoms with E-state index in [-0.39, 0.29) is 10.2 Å². The monoisotopic (exact) mass is 330 g/mol. The highest BCUT2D eigenvalue weighted by Gasteiger charge is 2.16. The molecule has 0 aromatic heterocycles. The number of benzene rings is 2. The summed E-state index contributed by atoms with van der Waals surface area (Å²) in [6.07, 6.45) is 1.07. The molecule has 20 heavy (non-hydrogen) atoms. The first-order valence-corrected chi connectivity index (χ1v) is 8.17. The summed E-state index contributed by atoms with van der Waals surface area (Å²) in [6.45, 7) is 8.96. The van der Waals surface area contributed by atoms with Crippen LogP contribution in [0.25, 0.3) is 0 Å². The molecule has 0 spiro atoms. The lowest BCUT2D eigenvalue weighted by molar-refractivity contribution is 0.590. The molecule has 1 unspecified atom stereocenters. The fourth-order valence-electron chi connectivity index (χ4n) is 2.44. The van der Waals surface area contributed by atoms with Crippen molar-refractivity contribution >= 4 is 15.9 Å². The molecule has 2 aromatic carbocycles. The van der Waals surface area contributed by atoms with Crippen LogP contribution in [0, 0.1) is 0 Å². The van der Waals surface area contributed by atoms with Gasteiger partial charge in [0.05, 0.1) is 4.83 Å². The molecule has 0 heterocycles. The smallest absolute Gasteiger partial charge is 0.0647 e. The number of alkyl halides is 1. The van der Waals surface area contributed by atoms with Gasteiger partial charge in [0.2, 0.25) is 0 Å². The van der Waals surface area contributed by atoms with Crippen LogP contribution in [-0.2, 0) is 11.8 Å². The highest BCUT2D eigenvalue weighted by Crippen LogP contribution is 2.34. The SMILES string of the molecule is CCc1ccccc1C(Br)c1ccc(C(C)(C)C)cc1. The molecular weight excluding hydrogens is 308 g/mol. The van der Waals surface area contributed by atoms with E-state index in [2.05, 4.69) is 92.2 Å². The van der Waals surface area contributed by atoms with Crippen molar-refractivity contribution < 1.29 is 0 Å². The van der Waals surface area contributed by atoms with Crippen molar-refractivity contribution in [2.75, 3.05) is 0 Å². The van der Waals surface area contributed by atoms with Crippen LogP contribution in [0.2, 0.25) is 0 Å².